The molecule has 0 aromatic heterocycles. The largest absolute Gasteiger partial charge is 0.502 e. The molecule has 1 aliphatic rings. The summed E-state index contributed by atoms with van der Waals surface area (Å²) in [5, 5.41) is 12.7. The zero-order valence-electron chi connectivity index (χ0n) is 12.4. The van der Waals surface area contributed by atoms with Gasteiger partial charge in [-0.2, -0.15) is 0 Å². The molecule has 1 saturated heterocycles. The molecular formula is C14H20ClNO5. The van der Waals surface area contributed by atoms with Crippen molar-refractivity contribution in [1.29, 1.82) is 0 Å². The molecule has 1 aliphatic heterocycles. The average Bonchev–Trinajstić information content (AvgIpc) is 2.42. The third-order valence-electron chi connectivity index (χ3n) is 3.45. The molecule has 2 rings (SSSR count). The highest BCUT2D eigenvalue weighted by atomic mass is 35.5. The molecule has 1 aromatic carbocycles. The number of carbonyl (C=O) groups excluding carboxylic acids is 1. The highest BCUT2D eigenvalue weighted by Crippen LogP contribution is 2.43. The Balaban J connectivity index is 0.00000220. The first kappa shape index (κ1) is 17.2. The molecular weight excluding hydrogens is 298 g/mol. The molecule has 0 aliphatic carbocycles. The van der Waals surface area contributed by atoms with Gasteiger partial charge in [0.2, 0.25) is 5.75 Å². The van der Waals surface area contributed by atoms with Crippen LogP contribution in [0.4, 0.5) is 4.79 Å². The monoisotopic (exact) mass is 317 g/mol. The number of hydrogen-bond acceptors (Lipinski definition) is 5. The van der Waals surface area contributed by atoms with Crippen LogP contribution in [0.15, 0.2) is 12.1 Å². The van der Waals surface area contributed by atoms with E-state index in [1.54, 1.807) is 12.1 Å². The smallest absolute Gasteiger partial charge is 0.407 e. The first-order valence-electron chi connectivity index (χ1n) is 6.27. The Morgan fingerprint density at radius 2 is 1.81 bits per heavy atom. The SMILES string of the molecule is COc1cc([C@@H]2NC(=O)OCC2(C)C)cc(OC)c1O.Cl. The Labute approximate surface area is 129 Å². The van der Waals surface area contributed by atoms with Crippen LogP contribution < -0.4 is 14.8 Å². The normalized spacial score (nSPS) is 19.8. The second-order valence-corrected chi connectivity index (χ2v) is 5.42. The predicted molar refractivity (Wildman–Crippen MR) is 79.5 cm³/mol. The number of alkyl carbamates (subject to hydrolysis) is 1. The van der Waals surface area contributed by atoms with E-state index >= 15 is 0 Å². The van der Waals surface area contributed by atoms with E-state index in [0.29, 0.717) is 18.1 Å². The summed E-state index contributed by atoms with van der Waals surface area (Å²) < 4.78 is 15.3. The Kier molecular flexibility index (Phi) is 5.17. The fraction of sp³-hybridized carbons (Fsp3) is 0.500. The van der Waals surface area contributed by atoms with Crippen molar-refractivity contribution in [3.05, 3.63) is 17.7 Å². The number of methoxy groups -OCH3 is 2. The summed E-state index contributed by atoms with van der Waals surface area (Å²) in [6.07, 6.45) is -0.458. The van der Waals surface area contributed by atoms with E-state index in [-0.39, 0.29) is 29.6 Å². The van der Waals surface area contributed by atoms with Gasteiger partial charge in [-0.25, -0.2) is 4.79 Å². The van der Waals surface area contributed by atoms with E-state index in [0.717, 1.165) is 5.56 Å². The second-order valence-electron chi connectivity index (χ2n) is 5.42. The molecule has 0 radical (unpaired) electrons. The fourth-order valence-corrected chi connectivity index (χ4v) is 2.30. The molecule has 0 spiro atoms. The second kappa shape index (κ2) is 6.30. The fourth-order valence-electron chi connectivity index (χ4n) is 2.30. The lowest BCUT2D eigenvalue weighted by Crippen LogP contribution is -2.46. The van der Waals surface area contributed by atoms with E-state index < -0.39 is 6.09 Å². The number of rotatable bonds is 3. The number of halogens is 1. The van der Waals surface area contributed by atoms with Gasteiger partial charge < -0.3 is 24.6 Å². The number of ether oxygens (including phenoxy) is 3. The average molecular weight is 318 g/mol. The van der Waals surface area contributed by atoms with Crippen molar-refractivity contribution in [3.63, 3.8) is 0 Å². The van der Waals surface area contributed by atoms with E-state index in [4.69, 9.17) is 14.2 Å². The molecule has 1 amide bonds. The standard InChI is InChI=1S/C14H19NO5.ClH/c1-14(2)7-20-13(17)15-12(14)8-5-9(18-3)11(16)10(6-8)19-4;/h5-6,12,16H,7H2,1-4H3,(H,15,17);1H/t12-;/m0./s1. The van der Waals surface area contributed by atoms with Crippen LogP contribution in [0.1, 0.15) is 25.5 Å². The van der Waals surface area contributed by atoms with Crippen LogP contribution >= 0.6 is 12.4 Å². The number of nitrogens with one attached hydrogen (secondary N) is 1. The van der Waals surface area contributed by atoms with Gasteiger partial charge >= 0.3 is 6.09 Å². The first-order chi connectivity index (χ1) is 9.39. The lowest BCUT2D eigenvalue weighted by atomic mass is 9.80. The zero-order chi connectivity index (χ0) is 14.9. The number of cyclic esters (lactones) is 1. The van der Waals surface area contributed by atoms with Crippen molar-refractivity contribution in [2.24, 2.45) is 5.41 Å². The summed E-state index contributed by atoms with van der Waals surface area (Å²) in [5.74, 6) is 0.543. The Morgan fingerprint density at radius 3 is 2.29 bits per heavy atom. The van der Waals surface area contributed by atoms with Crippen LogP contribution in [0.5, 0.6) is 17.2 Å². The topological polar surface area (TPSA) is 77.0 Å². The Hall–Kier alpha value is -1.82. The molecule has 1 heterocycles. The lowest BCUT2D eigenvalue weighted by molar-refractivity contribution is 0.0386. The highest BCUT2D eigenvalue weighted by molar-refractivity contribution is 5.85. The molecule has 1 atom stereocenters. The zero-order valence-corrected chi connectivity index (χ0v) is 13.2. The van der Waals surface area contributed by atoms with Crippen molar-refractivity contribution in [2.45, 2.75) is 19.9 Å². The van der Waals surface area contributed by atoms with E-state index in [1.807, 2.05) is 13.8 Å². The van der Waals surface area contributed by atoms with Gasteiger partial charge in [0.25, 0.3) is 0 Å². The lowest BCUT2D eigenvalue weighted by Gasteiger charge is -2.38. The van der Waals surface area contributed by atoms with Crippen LogP contribution in [-0.4, -0.2) is 32.0 Å². The van der Waals surface area contributed by atoms with E-state index in [9.17, 15) is 9.90 Å². The van der Waals surface area contributed by atoms with Crippen LogP contribution in [0, 0.1) is 5.41 Å². The third kappa shape index (κ3) is 3.26. The number of benzene rings is 1. The number of phenolic OH excluding ortho intramolecular Hbond substituents is 1. The molecule has 1 fully saturated rings. The third-order valence-corrected chi connectivity index (χ3v) is 3.45. The van der Waals surface area contributed by atoms with Gasteiger partial charge in [0, 0.05) is 5.41 Å². The van der Waals surface area contributed by atoms with Crippen molar-refractivity contribution in [3.8, 4) is 17.2 Å². The summed E-state index contributed by atoms with van der Waals surface area (Å²) in [6.45, 7) is 4.29. The van der Waals surface area contributed by atoms with Gasteiger partial charge in [0.1, 0.15) is 6.61 Å². The molecule has 21 heavy (non-hydrogen) atoms. The Morgan fingerprint density at radius 1 is 1.29 bits per heavy atom. The number of carbonyl (C=O) groups is 1. The van der Waals surface area contributed by atoms with Gasteiger partial charge in [-0.3, -0.25) is 0 Å². The minimum absolute atomic E-state index is 0. The van der Waals surface area contributed by atoms with E-state index in [1.165, 1.54) is 14.2 Å². The first-order valence-corrected chi connectivity index (χ1v) is 6.27. The summed E-state index contributed by atoms with van der Waals surface area (Å²) in [7, 11) is 2.93. The van der Waals surface area contributed by atoms with Gasteiger partial charge in [0.05, 0.1) is 20.3 Å². The van der Waals surface area contributed by atoms with Gasteiger partial charge in [-0.1, -0.05) is 13.8 Å². The Bertz CT molecular complexity index is 507. The van der Waals surface area contributed by atoms with E-state index in [2.05, 4.69) is 5.32 Å². The minimum Gasteiger partial charge on any atom is -0.502 e. The van der Waals surface area contributed by atoms with Crippen molar-refractivity contribution in [2.75, 3.05) is 20.8 Å². The van der Waals surface area contributed by atoms with Crippen molar-refractivity contribution >= 4 is 18.5 Å². The maximum Gasteiger partial charge on any atom is 0.407 e. The number of amides is 1. The molecule has 118 valence electrons. The number of hydrogen-bond donors (Lipinski definition) is 2. The summed E-state index contributed by atoms with van der Waals surface area (Å²) in [6, 6.07) is 3.12. The van der Waals surface area contributed by atoms with Crippen molar-refractivity contribution < 1.29 is 24.1 Å². The van der Waals surface area contributed by atoms with Gasteiger partial charge in [0.15, 0.2) is 11.5 Å². The molecule has 7 heteroatoms. The summed E-state index contributed by atoms with van der Waals surface area (Å²) in [5.41, 5.74) is 0.499. The summed E-state index contributed by atoms with van der Waals surface area (Å²) >= 11 is 0. The molecule has 6 nitrogen and oxygen atoms in total. The van der Waals surface area contributed by atoms with Crippen LogP contribution in [0.2, 0.25) is 0 Å². The van der Waals surface area contributed by atoms with Gasteiger partial charge in [-0.05, 0) is 17.7 Å². The van der Waals surface area contributed by atoms with Crippen LogP contribution in [0.25, 0.3) is 0 Å². The highest BCUT2D eigenvalue weighted by Gasteiger charge is 2.38. The molecule has 0 saturated carbocycles. The minimum atomic E-state index is -0.458. The molecule has 0 unspecified atom stereocenters. The molecule has 2 N–H and O–H groups in total. The molecule has 0 bridgehead atoms. The molecule has 1 aromatic rings. The van der Waals surface area contributed by atoms with Gasteiger partial charge in [-0.15, -0.1) is 12.4 Å². The number of aromatic hydroxyl groups is 1. The maximum absolute atomic E-state index is 11.5. The quantitative estimate of drug-likeness (QED) is 0.896. The number of phenols is 1. The maximum atomic E-state index is 11.5. The van der Waals surface area contributed by atoms with Crippen LogP contribution in [-0.2, 0) is 4.74 Å². The summed E-state index contributed by atoms with van der Waals surface area (Å²) in [4.78, 5) is 11.5. The van der Waals surface area contributed by atoms with Crippen molar-refractivity contribution in [1.82, 2.24) is 5.32 Å². The van der Waals surface area contributed by atoms with Crippen LogP contribution in [0.3, 0.4) is 0 Å². The predicted octanol–water partition coefficient (Wildman–Crippen LogP) is 2.64.